The lowest BCUT2D eigenvalue weighted by Gasteiger charge is -2.36. The molecule has 5 rings (SSSR count). The third-order valence-corrected chi connectivity index (χ3v) is 5.89. The van der Waals surface area contributed by atoms with E-state index in [1.54, 1.807) is 48.5 Å². The van der Waals surface area contributed by atoms with E-state index in [-0.39, 0.29) is 30.7 Å². The molecule has 2 aliphatic heterocycles. The van der Waals surface area contributed by atoms with E-state index in [2.05, 4.69) is 0 Å². The second-order valence-electron chi connectivity index (χ2n) is 7.93. The van der Waals surface area contributed by atoms with Crippen LogP contribution in [0.3, 0.4) is 0 Å². The van der Waals surface area contributed by atoms with E-state index in [4.69, 9.17) is 9.47 Å². The standard InChI is InChI=1S/C25H21NO6/c27-19-8-6-15(7-9-19)23-14-31-21-11-17-10-20(25(29)30)26(13-18(17)12-22(21)32-23)24(28)16-4-2-1-3-5-16/h1-9,11-12,20,23,27H,10,13-14H2,(H,29,30)/t20-,23+/m0/s1. The molecule has 1 amide bonds. The van der Waals surface area contributed by atoms with Crippen molar-refractivity contribution in [3.63, 3.8) is 0 Å². The Hall–Kier alpha value is -4.00. The number of aromatic hydroxyl groups is 1. The summed E-state index contributed by atoms with van der Waals surface area (Å²) in [5.74, 6) is -0.0708. The minimum Gasteiger partial charge on any atom is -0.508 e. The van der Waals surface area contributed by atoms with Gasteiger partial charge in [-0.25, -0.2) is 4.79 Å². The number of rotatable bonds is 3. The first-order valence-corrected chi connectivity index (χ1v) is 10.3. The summed E-state index contributed by atoms with van der Waals surface area (Å²) in [7, 11) is 0. The number of carbonyl (C=O) groups is 2. The van der Waals surface area contributed by atoms with E-state index < -0.39 is 12.0 Å². The lowest BCUT2D eigenvalue weighted by Crippen LogP contribution is -2.48. The number of phenols is 1. The predicted octanol–water partition coefficient (Wildman–Crippen LogP) is 3.56. The maximum Gasteiger partial charge on any atom is 0.326 e. The summed E-state index contributed by atoms with van der Waals surface area (Å²) in [6.45, 7) is 0.470. The summed E-state index contributed by atoms with van der Waals surface area (Å²) in [5.41, 5.74) is 2.99. The second-order valence-corrected chi connectivity index (χ2v) is 7.93. The molecule has 0 spiro atoms. The van der Waals surface area contributed by atoms with Crippen molar-refractivity contribution in [2.24, 2.45) is 0 Å². The van der Waals surface area contributed by atoms with E-state index in [0.29, 0.717) is 23.7 Å². The number of hydrogen-bond acceptors (Lipinski definition) is 5. The fourth-order valence-electron chi connectivity index (χ4n) is 4.18. The molecule has 0 bridgehead atoms. The number of nitrogens with zero attached hydrogens (tertiary/aromatic N) is 1. The molecular formula is C25H21NO6. The Balaban J connectivity index is 1.45. The molecule has 3 aromatic rings. The summed E-state index contributed by atoms with van der Waals surface area (Å²) in [4.78, 5) is 26.4. The van der Waals surface area contributed by atoms with Gasteiger partial charge in [0.1, 0.15) is 18.4 Å². The maximum absolute atomic E-state index is 13.1. The Morgan fingerprint density at radius 1 is 0.938 bits per heavy atom. The highest BCUT2D eigenvalue weighted by Crippen LogP contribution is 2.41. The highest BCUT2D eigenvalue weighted by Gasteiger charge is 2.36. The molecule has 2 aliphatic rings. The van der Waals surface area contributed by atoms with Crippen LogP contribution in [-0.4, -0.2) is 39.6 Å². The highest BCUT2D eigenvalue weighted by atomic mass is 16.6. The minimum atomic E-state index is -1.04. The summed E-state index contributed by atoms with van der Waals surface area (Å²) in [5, 5.41) is 19.3. The van der Waals surface area contributed by atoms with Gasteiger partial charge in [-0.05, 0) is 53.1 Å². The number of hydrogen-bond donors (Lipinski definition) is 2. The molecule has 0 aliphatic carbocycles. The van der Waals surface area contributed by atoms with Gasteiger partial charge in [0, 0.05) is 18.5 Å². The van der Waals surface area contributed by atoms with Gasteiger partial charge in [0.2, 0.25) is 0 Å². The molecular weight excluding hydrogens is 410 g/mol. The maximum atomic E-state index is 13.1. The van der Waals surface area contributed by atoms with Gasteiger partial charge in [0.15, 0.2) is 17.6 Å². The fourth-order valence-corrected chi connectivity index (χ4v) is 4.18. The summed E-state index contributed by atoms with van der Waals surface area (Å²) in [6, 6.07) is 18.1. The molecule has 0 aromatic heterocycles. The Kier molecular flexibility index (Phi) is 4.93. The van der Waals surface area contributed by atoms with Crippen LogP contribution < -0.4 is 9.47 Å². The van der Waals surface area contributed by atoms with Crippen molar-refractivity contribution < 1.29 is 29.3 Å². The van der Waals surface area contributed by atoms with E-state index in [1.165, 1.54) is 4.90 Å². The normalized spacial score (nSPS) is 19.2. The molecule has 7 heteroatoms. The largest absolute Gasteiger partial charge is 0.508 e. The zero-order valence-electron chi connectivity index (χ0n) is 17.1. The summed E-state index contributed by atoms with van der Waals surface area (Å²) in [6.07, 6.45) is -0.139. The zero-order valence-corrected chi connectivity index (χ0v) is 17.1. The Morgan fingerprint density at radius 2 is 1.66 bits per heavy atom. The smallest absolute Gasteiger partial charge is 0.326 e. The lowest BCUT2D eigenvalue weighted by molar-refractivity contribution is -0.142. The Labute approximate surface area is 184 Å². The van der Waals surface area contributed by atoms with Crippen LogP contribution >= 0.6 is 0 Å². The first kappa shape index (κ1) is 19.9. The van der Waals surface area contributed by atoms with Gasteiger partial charge in [-0.1, -0.05) is 30.3 Å². The van der Waals surface area contributed by atoms with Gasteiger partial charge in [-0.15, -0.1) is 0 Å². The van der Waals surface area contributed by atoms with Crippen molar-refractivity contribution in [1.82, 2.24) is 4.90 Å². The molecule has 0 saturated heterocycles. The van der Waals surface area contributed by atoms with Crippen LogP contribution in [0, 0.1) is 0 Å². The molecule has 2 heterocycles. The molecule has 3 aromatic carbocycles. The van der Waals surface area contributed by atoms with Gasteiger partial charge in [-0.2, -0.15) is 0 Å². The number of ether oxygens (including phenoxy) is 2. The van der Waals surface area contributed by atoms with Gasteiger partial charge in [-0.3, -0.25) is 4.79 Å². The number of carbonyl (C=O) groups excluding carboxylic acids is 1. The molecule has 162 valence electrons. The van der Waals surface area contributed by atoms with E-state index in [9.17, 15) is 19.8 Å². The van der Waals surface area contributed by atoms with Crippen molar-refractivity contribution in [1.29, 1.82) is 0 Å². The number of carboxylic acid groups (broad SMARTS) is 1. The molecule has 2 atom stereocenters. The van der Waals surface area contributed by atoms with Crippen LogP contribution in [0.2, 0.25) is 0 Å². The van der Waals surface area contributed by atoms with Crippen LogP contribution in [0.25, 0.3) is 0 Å². The minimum absolute atomic E-state index is 0.167. The molecule has 32 heavy (non-hydrogen) atoms. The summed E-state index contributed by atoms with van der Waals surface area (Å²) >= 11 is 0. The summed E-state index contributed by atoms with van der Waals surface area (Å²) < 4.78 is 12.1. The van der Waals surface area contributed by atoms with Gasteiger partial charge in [0.25, 0.3) is 5.91 Å². The van der Waals surface area contributed by atoms with Crippen molar-refractivity contribution in [2.45, 2.75) is 25.1 Å². The first-order chi connectivity index (χ1) is 15.5. The van der Waals surface area contributed by atoms with Crippen molar-refractivity contribution in [3.05, 3.63) is 89.0 Å². The average Bonchev–Trinajstić information content (AvgIpc) is 2.82. The van der Waals surface area contributed by atoms with Crippen molar-refractivity contribution in [2.75, 3.05) is 6.61 Å². The lowest BCUT2D eigenvalue weighted by atomic mass is 9.92. The third kappa shape index (κ3) is 3.62. The number of amides is 1. The number of phenolic OH excluding ortho intramolecular Hbond substituents is 1. The van der Waals surface area contributed by atoms with E-state index in [0.717, 1.165) is 16.7 Å². The fraction of sp³-hybridized carbons (Fsp3) is 0.200. The Morgan fingerprint density at radius 3 is 2.38 bits per heavy atom. The monoisotopic (exact) mass is 431 g/mol. The van der Waals surface area contributed by atoms with E-state index in [1.807, 2.05) is 18.2 Å². The molecule has 2 N–H and O–H groups in total. The first-order valence-electron chi connectivity index (χ1n) is 10.3. The van der Waals surface area contributed by atoms with Crippen LogP contribution in [0.1, 0.15) is 33.2 Å². The third-order valence-electron chi connectivity index (χ3n) is 5.89. The number of fused-ring (bicyclic) bond motifs is 2. The molecule has 0 radical (unpaired) electrons. The van der Waals surface area contributed by atoms with E-state index >= 15 is 0 Å². The predicted molar refractivity (Wildman–Crippen MR) is 115 cm³/mol. The molecule has 0 unspecified atom stereocenters. The van der Waals surface area contributed by atoms with Crippen molar-refractivity contribution >= 4 is 11.9 Å². The van der Waals surface area contributed by atoms with Gasteiger partial charge in [0.05, 0.1) is 0 Å². The number of benzene rings is 3. The number of aliphatic carboxylic acids is 1. The zero-order chi connectivity index (χ0) is 22.2. The average molecular weight is 431 g/mol. The van der Waals surface area contributed by atoms with Crippen LogP contribution in [0.5, 0.6) is 17.2 Å². The quantitative estimate of drug-likeness (QED) is 0.658. The van der Waals surface area contributed by atoms with Crippen LogP contribution in [0.4, 0.5) is 0 Å². The van der Waals surface area contributed by atoms with Crippen LogP contribution in [0.15, 0.2) is 66.7 Å². The van der Waals surface area contributed by atoms with Gasteiger partial charge >= 0.3 is 5.97 Å². The number of carboxylic acids is 1. The molecule has 7 nitrogen and oxygen atoms in total. The van der Waals surface area contributed by atoms with Crippen LogP contribution in [-0.2, 0) is 17.8 Å². The second kappa shape index (κ2) is 7.92. The van der Waals surface area contributed by atoms with Crippen molar-refractivity contribution in [3.8, 4) is 17.2 Å². The van der Waals surface area contributed by atoms with Gasteiger partial charge < -0.3 is 24.6 Å². The SMILES string of the molecule is O=C(O)[C@@H]1Cc2cc3c(cc2CN1C(=O)c1ccccc1)O[C@@H](c1ccc(O)cc1)CO3. The Bertz CT molecular complexity index is 1180. The highest BCUT2D eigenvalue weighted by molar-refractivity contribution is 5.97. The topological polar surface area (TPSA) is 96.3 Å². The molecule has 0 saturated carbocycles. The molecule has 0 fully saturated rings.